The van der Waals surface area contributed by atoms with E-state index in [9.17, 15) is 9.59 Å². The minimum Gasteiger partial charge on any atom is -0.322 e. The number of benzene rings is 3. The highest BCUT2D eigenvalue weighted by atomic mass is 35.5. The molecule has 0 atom stereocenters. The fourth-order valence-electron chi connectivity index (χ4n) is 2.40. The van der Waals surface area contributed by atoms with E-state index in [0.717, 1.165) is 5.56 Å². The van der Waals surface area contributed by atoms with Gasteiger partial charge in [-0.05, 0) is 42.0 Å². The highest BCUT2D eigenvalue weighted by Gasteiger charge is 2.10. The van der Waals surface area contributed by atoms with Crippen LogP contribution in [0.15, 0.2) is 84.9 Å². The number of nitrogens with one attached hydrogen (secondary N) is 2. The minimum absolute atomic E-state index is 0.284. The summed E-state index contributed by atoms with van der Waals surface area (Å²) in [6, 6.07) is 23.4. The number of hydrogen-bond acceptors (Lipinski definition) is 2. The Morgan fingerprint density at radius 2 is 1.48 bits per heavy atom. The van der Waals surface area contributed by atoms with Gasteiger partial charge in [-0.1, -0.05) is 60.1 Å². The predicted octanol–water partition coefficient (Wildman–Crippen LogP) is 5.24. The van der Waals surface area contributed by atoms with Crippen molar-refractivity contribution in [3.05, 3.63) is 101 Å². The molecule has 3 rings (SSSR count). The average molecular weight is 377 g/mol. The Balaban J connectivity index is 1.70. The summed E-state index contributed by atoms with van der Waals surface area (Å²) in [5, 5.41) is 5.85. The van der Waals surface area contributed by atoms with Crippen molar-refractivity contribution in [1.82, 2.24) is 0 Å². The monoisotopic (exact) mass is 376 g/mol. The molecule has 0 aliphatic heterocycles. The van der Waals surface area contributed by atoms with E-state index in [1.807, 2.05) is 48.5 Å². The maximum absolute atomic E-state index is 12.4. The van der Waals surface area contributed by atoms with Gasteiger partial charge < -0.3 is 10.6 Å². The van der Waals surface area contributed by atoms with Gasteiger partial charge in [0.15, 0.2) is 0 Å². The van der Waals surface area contributed by atoms with E-state index < -0.39 is 0 Å². The third-order valence-electron chi connectivity index (χ3n) is 3.74. The number of hydrogen-bond donors (Lipinski definition) is 2. The summed E-state index contributed by atoms with van der Waals surface area (Å²) in [7, 11) is 0. The van der Waals surface area contributed by atoms with Gasteiger partial charge in [0, 0.05) is 17.3 Å². The van der Waals surface area contributed by atoms with E-state index >= 15 is 0 Å². The van der Waals surface area contributed by atoms with Crippen LogP contribution in [0.25, 0.3) is 6.08 Å². The van der Waals surface area contributed by atoms with E-state index in [4.69, 9.17) is 11.6 Å². The average Bonchev–Trinajstić information content (AvgIpc) is 2.69. The Labute approximate surface area is 162 Å². The van der Waals surface area contributed by atoms with Crippen molar-refractivity contribution >= 4 is 40.9 Å². The zero-order valence-electron chi connectivity index (χ0n) is 14.4. The van der Waals surface area contributed by atoms with Crippen LogP contribution in [0, 0.1) is 0 Å². The van der Waals surface area contributed by atoms with Crippen molar-refractivity contribution in [3.63, 3.8) is 0 Å². The van der Waals surface area contributed by atoms with Gasteiger partial charge in [0.05, 0.1) is 10.7 Å². The van der Waals surface area contributed by atoms with Crippen molar-refractivity contribution in [3.8, 4) is 0 Å². The van der Waals surface area contributed by atoms with Gasteiger partial charge in [-0.3, -0.25) is 9.59 Å². The van der Waals surface area contributed by atoms with Gasteiger partial charge in [0.25, 0.3) is 5.91 Å². The summed E-state index contributed by atoms with van der Waals surface area (Å²) in [5.74, 6) is -0.616. The molecule has 0 bridgehead atoms. The van der Waals surface area contributed by atoms with Crippen LogP contribution in [0.3, 0.4) is 0 Å². The molecule has 3 aromatic carbocycles. The van der Waals surface area contributed by atoms with Crippen LogP contribution in [-0.4, -0.2) is 11.8 Å². The van der Waals surface area contributed by atoms with Crippen molar-refractivity contribution in [1.29, 1.82) is 0 Å². The first-order valence-electron chi connectivity index (χ1n) is 8.32. The van der Waals surface area contributed by atoms with Gasteiger partial charge >= 0.3 is 0 Å². The maximum atomic E-state index is 12.4. The molecule has 2 amide bonds. The van der Waals surface area contributed by atoms with Crippen LogP contribution in [0.4, 0.5) is 11.4 Å². The maximum Gasteiger partial charge on any atom is 0.255 e. The van der Waals surface area contributed by atoms with E-state index in [1.165, 1.54) is 6.08 Å². The molecule has 0 radical (unpaired) electrons. The predicted molar refractivity (Wildman–Crippen MR) is 110 cm³/mol. The van der Waals surface area contributed by atoms with Crippen molar-refractivity contribution in [2.75, 3.05) is 10.6 Å². The Kier molecular flexibility index (Phi) is 6.02. The number of para-hydroxylation sites is 1. The molecule has 0 spiro atoms. The van der Waals surface area contributed by atoms with Crippen LogP contribution in [0.2, 0.25) is 5.02 Å². The van der Waals surface area contributed by atoms with Crippen molar-refractivity contribution in [2.45, 2.75) is 0 Å². The topological polar surface area (TPSA) is 58.2 Å². The SMILES string of the molecule is O=C(C=Cc1ccccc1)Nc1cc(C(=O)Nc2ccccc2)ccc1Cl. The quantitative estimate of drug-likeness (QED) is 0.598. The van der Waals surface area contributed by atoms with Crippen molar-refractivity contribution < 1.29 is 9.59 Å². The van der Waals surface area contributed by atoms with E-state index in [2.05, 4.69) is 10.6 Å². The molecule has 0 saturated carbocycles. The fourth-order valence-corrected chi connectivity index (χ4v) is 2.56. The largest absolute Gasteiger partial charge is 0.322 e. The van der Waals surface area contributed by atoms with Crippen LogP contribution < -0.4 is 10.6 Å². The second kappa shape index (κ2) is 8.83. The standard InChI is InChI=1S/C22H17ClN2O2/c23-19-13-12-17(22(27)24-18-9-5-2-6-10-18)15-20(19)25-21(26)14-11-16-7-3-1-4-8-16/h1-15H,(H,24,27)(H,25,26). The van der Waals surface area contributed by atoms with Gasteiger partial charge in [-0.25, -0.2) is 0 Å². The Bertz CT molecular complexity index is 970. The number of carbonyl (C=O) groups excluding carboxylic acids is 2. The Morgan fingerprint density at radius 3 is 2.19 bits per heavy atom. The lowest BCUT2D eigenvalue weighted by atomic mass is 10.1. The second-order valence-electron chi connectivity index (χ2n) is 5.75. The smallest absolute Gasteiger partial charge is 0.255 e. The van der Waals surface area contributed by atoms with Gasteiger partial charge in [0.1, 0.15) is 0 Å². The lowest BCUT2D eigenvalue weighted by Crippen LogP contribution is -2.13. The minimum atomic E-state index is -0.332. The molecule has 0 heterocycles. The molecule has 0 unspecified atom stereocenters. The summed E-state index contributed by atoms with van der Waals surface area (Å²) < 4.78 is 0. The van der Waals surface area contributed by atoms with E-state index in [0.29, 0.717) is 22.0 Å². The molecular weight excluding hydrogens is 360 g/mol. The molecular formula is C22H17ClN2O2. The Morgan fingerprint density at radius 1 is 0.815 bits per heavy atom. The van der Waals surface area contributed by atoms with Gasteiger partial charge in [-0.15, -0.1) is 0 Å². The highest BCUT2D eigenvalue weighted by molar-refractivity contribution is 6.34. The number of carbonyl (C=O) groups is 2. The first-order valence-corrected chi connectivity index (χ1v) is 8.70. The second-order valence-corrected chi connectivity index (χ2v) is 6.16. The van der Waals surface area contributed by atoms with Crippen LogP contribution in [-0.2, 0) is 4.79 Å². The zero-order valence-corrected chi connectivity index (χ0v) is 15.1. The van der Waals surface area contributed by atoms with Gasteiger partial charge in [-0.2, -0.15) is 0 Å². The molecule has 0 aromatic heterocycles. The number of amides is 2. The van der Waals surface area contributed by atoms with Crippen LogP contribution in [0.5, 0.6) is 0 Å². The lowest BCUT2D eigenvalue weighted by Gasteiger charge is -2.09. The molecule has 3 aromatic rings. The first-order chi connectivity index (χ1) is 13.1. The number of rotatable bonds is 5. The normalized spacial score (nSPS) is 10.6. The summed E-state index contributed by atoms with van der Waals surface area (Å²) in [5.41, 5.74) is 2.37. The molecule has 4 nitrogen and oxygen atoms in total. The summed E-state index contributed by atoms with van der Waals surface area (Å²) >= 11 is 6.15. The summed E-state index contributed by atoms with van der Waals surface area (Å²) in [6.07, 6.45) is 3.12. The molecule has 134 valence electrons. The van der Waals surface area contributed by atoms with E-state index in [-0.39, 0.29) is 11.8 Å². The molecule has 0 aliphatic rings. The summed E-state index contributed by atoms with van der Waals surface area (Å²) in [4.78, 5) is 24.5. The molecule has 0 aliphatic carbocycles. The van der Waals surface area contributed by atoms with Crippen LogP contribution in [0.1, 0.15) is 15.9 Å². The number of anilines is 2. The van der Waals surface area contributed by atoms with Gasteiger partial charge in [0.2, 0.25) is 5.91 Å². The Hall–Kier alpha value is -3.37. The van der Waals surface area contributed by atoms with E-state index in [1.54, 1.807) is 36.4 Å². The molecule has 27 heavy (non-hydrogen) atoms. The summed E-state index contributed by atoms with van der Waals surface area (Å²) in [6.45, 7) is 0. The van der Waals surface area contributed by atoms with Crippen LogP contribution >= 0.6 is 11.6 Å². The molecule has 5 heteroatoms. The van der Waals surface area contributed by atoms with Crippen molar-refractivity contribution in [2.24, 2.45) is 0 Å². The zero-order chi connectivity index (χ0) is 19.1. The molecule has 0 fully saturated rings. The number of halogens is 1. The third-order valence-corrected chi connectivity index (χ3v) is 4.07. The molecule has 0 saturated heterocycles. The molecule has 2 N–H and O–H groups in total. The first kappa shape index (κ1) is 18.4. The third kappa shape index (κ3) is 5.30. The highest BCUT2D eigenvalue weighted by Crippen LogP contribution is 2.24. The fraction of sp³-hybridized carbons (Fsp3) is 0. The lowest BCUT2D eigenvalue weighted by molar-refractivity contribution is -0.111.